The number of hydrogen-bond donors (Lipinski definition) is 0. The first kappa shape index (κ1) is 10.6. The molecule has 0 aliphatic heterocycles. The number of carbonyl (C=O) groups excluding carboxylic acids is 1. The van der Waals surface area contributed by atoms with Crippen LogP contribution in [0.1, 0.15) is 11.1 Å². The van der Waals surface area contributed by atoms with Crippen molar-refractivity contribution in [1.82, 2.24) is 4.90 Å². The smallest absolute Gasteiger partial charge is 0.409 e. The molecular weight excluding hydrogens is 178 g/mol. The molecule has 0 aliphatic carbocycles. The summed E-state index contributed by atoms with van der Waals surface area (Å²) >= 11 is 0. The Bertz CT molecular complexity index is 321. The molecule has 14 heavy (non-hydrogen) atoms. The van der Waals surface area contributed by atoms with Crippen molar-refractivity contribution >= 4 is 6.09 Å². The van der Waals surface area contributed by atoms with Gasteiger partial charge in [0.2, 0.25) is 0 Å². The Morgan fingerprint density at radius 1 is 1.50 bits per heavy atom. The van der Waals surface area contributed by atoms with Crippen molar-refractivity contribution in [3.05, 3.63) is 42.3 Å². The highest BCUT2D eigenvalue weighted by Gasteiger charge is 2.04. The highest BCUT2D eigenvalue weighted by atomic mass is 16.6. The maximum absolute atomic E-state index is 11.1. The van der Waals surface area contributed by atoms with E-state index in [-0.39, 0.29) is 6.09 Å². The molecule has 1 amide bonds. The van der Waals surface area contributed by atoms with Crippen LogP contribution in [0.2, 0.25) is 0 Å². The minimum Gasteiger partial charge on any atom is -0.445 e. The minimum atomic E-state index is -0.334. The molecule has 0 heterocycles. The molecule has 0 atom stereocenters. The normalized spacial score (nSPS) is 9.64. The lowest BCUT2D eigenvalue weighted by Gasteiger charge is -2.10. The SMILES string of the molecule is [CH2]c1cccc(COC(=O)N(C)C)c1. The second-order valence-electron chi connectivity index (χ2n) is 3.27. The zero-order chi connectivity index (χ0) is 10.6. The van der Waals surface area contributed by atoms with E-state index in [9.17, 15) is 4.79 Å². The predicted octanol–water partition coefficient (Wildman–Crippen LogP) is 2.07. The highest BCUT2D eigenvalue weighted by molar-refractivity contribution is 5.66. The third-order valence-corrected chi connectivity index (χ3v) is 1.72. The molecular formula is C11H14NO2. The van der Waals surface area contributed by atoms with Crippen LogP contribution in [0.25, 0.3) is 0 Å². The maximum atomic E-state index is 11.1. The fourth-order valence-electron chi connectivity index (χ4n) is 0.994. The van der Waals surface area contributed by atoms with Gasteiger partial charge in [0.05, 0.1) is 0 Å². The first-order valence-electron chi connectivity index (χ1n) is 4.34. The quantitative estimate of drug-likeness (QED) is 0.717. The molecule has 0 saturated carbocycles. The van der Waals surface area contributed by atoms with Crippen molar-refractivity contribution in [1.29, 1.82) is 0 Å². The molecule has 3 nitrogen and oxygen atoms in total. The lowest BCUT2D eigenvalue weighted by Crippen LogP contribution is -2.22. The zero-order valence-corrected chi connectivity index (χ0v) is 8.49. The molecule has 0 aliphatic rings. The third kappa shape index (κ3) is 3.09. The average Bonchev–Trinajstić information content (AvgIpc) is 2.14. The molecule has 75 valence electrons. The summed E-state index contributed by atoms with van der Waals surface area (Å²) in [6, 6.07) is 7.58. The number of amides is 1. The molecule has 3 heteroatoms. The van der Waals surface area contributed by atoms with Gasteiger partial charge in [-0.15, -0.1) is 0 Å². The standard InChI is InChI=1S/C11H14NO2/c1-9-5-4-6-10(7-9)8-14-11(13)12(2)3/h4-7H,1,8H2,2-3H3. The molecule has 0 bridgehead atoms. The van der Waals surface area contributed by atoms with Crippen LogP contribution in [0.3, 0.4) is 0 Å². The number of ether oxygens (including phenoxy) is 1. The third-order valence-electron chi connectivity index (χ3n) is 1.72. The summed E-state index contributed by atoms with van der Waals surface area (Å²) in [5.74, 6) is 0. The van der Waals surface area contributed by atoms with Gasteiger partial charge in [0.25, 0.3) is 0 Å². The van der Waals surface area contributed by atoms with E-state index in [1.54, 1.807) is 14.1 Å². The molecule has 0 aromatic heterocycles. The maximum Gasteiger partial charge on any atom is 0.409 e. The van der Waals surface area contributed by atoms with Crippen molar-refractivity contribution in [3.63, 3.8) is 0 Å². The summed E-state index contributed by atoms with van der Waals surface area (Å²) < 4.78 is 5.00. The number of carbonyl (C=O) groups is 1. The summed E-state index contributed by atoms with van der Waals surface area (Å²) in [5.41, 5.74) is 1.87. The van der Waals surface area contributed by atoms with E-state index >= 15 is 0 Å². The van der Waals surface area contributed by atoms with Crippen LogP contribution >= 0.6 is 0 Å². The van der Waals surface area contributed by atoms with Crippen molar-refractivity contribution in [2.24, 2.45) is 0 Å². The van der Waals surface area contributed by atoms with Gasteiger partial charge in [0.15, 0.2) is 0 Å². The predicted molar refractivity (Wildman–Crippen MR) is 54.8 cm³/mol. The van der Waals surface area contributed by atoms with E-state index in [1.165, 1.54) is 4.90 Å². The first-order chi connectivity index (χ1) is 6.59. The molecule has 0 saturated heterocycles. The summed E-state index contributed by atoms with van der Waals surface area (Å²) in [7, 11) is 3.31. The van der Waals surface area contributed by atoms with Crippen molar-refractivity contribution < 1.29 is 9.53 Å². The molecule has 0 fully saturated rings. The van der Waals surface area contributed by atoms with E-state index in [0.717, 1.165) is 11.1 Å². The van der Waals surface area contributed by atoms with Crippen LogP contribution in [0.5, 0.6) is 0 Å². The molecule has 0 N–H and O–H groups in total. The van der Waals surface area contributed by atoms with E-state index in [0.29, 0.717) is 6.61 Å². The monoisotopic (exact) mass is 192 g/mol. The van der Waals surface area contributed by atoms with Gasteiger partial charge in [0, 0.05) is 14.1 Å². The van der Waals surface area contributed by atoms with Crippen LogP contribution < -0.4 is 0 Å². The molecule has 1 rings (SSSR count). The van der Waals surface area contributed by atoms with Gasteiger partial charge in [0.1, 0.15) is 6.61 Å². The Morgan fingerprint density at radius 2 is 2.21 bits per heavy atom. The van der Waals surface area contributed by atoms with Crippen LogP contribution in [0.4, 0.5) is 4.79 Å². The van der Waals surface area contributed by atoms with Gasteiger partial charge >= 0.3 is 6.09 Å². The van der Waals surface area contributed by atoms with Gasteiger partial charge in [-0.25, -0.2) is 4.79 Å². The molecule has 0 unspecified atom stereocenters. The first-order valence-corrected chi connectivity index (χ1v) is 4.34. The lowest BCUT2D eigenvalue weighted by atomic mass is 10.1. The van der Waals surface area contributed by atoms with Gasteiger partial charge in [-0.2, -0.15) is 0 Å². The second kappa shape index (κ2) is 4.65. The molecule has 1 radical (unpaired) electrons. The van der Waals surface area contributed by atoms with Gasteiger partial charge in [-0.05, 0) is 18.1 Å². The zero-order valence-electron chi connectivity index (χ0n) is 8.49. The molecule has 1 aromatic rings. The van der Waals surface area contributed by atoms with Crippen LogP contribution in [-0.4, -0.2) is 25.1 Å². The fourth-order valence-corrected chi connectivity index (χ4v) is 0.994. The minimum absolute atomic E-state index is 0.292. The molecule has 1 aromatic carbocycles. The Kier molecular flexibility index (Phi) is 3.51. The van der Waals surface area contributed by atoms with E-state index in [4.69, 9.17) is 4.74 Å². The summed E-state index contributed by atoms with van der Waals surface area (Å²) in [4.78, 5) is 12.5. The fraction of sp³-hybridized carbons (Fsp3) is 0.273. The summed E-state index contributed by atoms with van der Waals surface area (Å²) in [5, 5.41) is 0. The van der Waals surface area contributed by atoms with Crippen molar-refractivity contribution in [2.45, 2.75) is 6.61 Å². The Labute approximate surface area is 84.3 Å². The van der Waals surface area contributed by atoms with E-state index in [2.05, 4.69) is 6.92 Å². The average molecular weight is 192 g/mol. The summed E-state index contributed by atoms with van der Waals surface area (Å²) in [6.45, 7) is 4.08. The van der Waals surface area contributed by atoms with E-state index in [1.807, 2.05) is 24.3 Å². The highest BCUT2D eigenvalue weighted by Crippen LogP contribution is 2.05. The topological polar surface area (TPSA) is 29.5 Å². The lowest BCUT2D eigenvalue weighted by molar-refractivity contribution is 0.112. The van der Waals surface area contributed by atoms with Gasteiger partial charge < -0.3 is 9.64 Å². The number of benzene rings is 1. The largest absolute Gasteiger partial charge is 0.445 e. The van der Waals surface area contributed by atoms with Crippen molar-refractivity contribution in [2.75, 3.05) is 14.1 Å². The second-order valence-corrected chi connectivity index (χ2v) is 3.27. The van der Waals surface area contributed by atoms with E-state index < -0.39 is 0 Å². The molecule has 0 spiro atoms. The van der Waals surface area contributed by atoms with Gasteiger partial charge in [-0.3, -0.25) is 0 Å². The number of hydrogen-bond acceptors (Lipinski definition) is 2. The Hall–Kier alpha value is -1.51. The van der Waals surface area contributed by atoms with Crippen LogP contribution in [-0.2, 0) is 11.3 Å². The summed E-state index contributed by atoms with van der Waals surface area (Å²) in [6.07, 6.45) is -0.334. The number of rotatable bonds is 2. The Morgan fingerprint density at radius 3 is 2.79 bits per heavy atom. The van der Waals surface area contributed by atoms with Gasteiger partial charge in [-0.1, -0.05) is 24.3 Å². The van der Waals surface area contributed by atoms with Crippen molar-refractivity contribution in [3.8, 4) is 0 Å². The number of nitrogens with zero attached hydrogens (tertiary/aromatic N) is 1. The Balaban J connectivity index is 2.50. The van der Waals surface area contributed by atoms with Crippen LogP contribution in [0.15, 0.2) is 24.3 Å². The van der Waals surface area contributed by atoms with Crippen LogP contribution in [0, 0.1) is 6.92 Å².